The van der Waals surface area contributed by atoms with E-state index >= 15 is 0 Å². The molecule has 2 rings (SSSR count). The first-order valence-corrected chi connectivity index (χ1v) is 6.27. The summed E-state index contributed by atoms with van der Waals surface area (Å²) >= 11 is 0. The van der Waals surface area contributed by atoms with Gasteiger partial charge in [-0.1, -0.05) is 24.8 Å². The number of carbonyl (C=O) groups excluding carboxylic acids is 1. The Kier molecular flexibility index (Phi) is 4.15. The van der Waals surface area contributed by atoms with Crippen molar-refractivity contribution in [3.8, 4) is 0 Å². The second-order valence-corrected chi connectivity index (χ2v) is 4.17. The second-order valence-electron chi connectivity index (χ2n) is 4.17. The predicted molar refractivity (Wildman–Crippen MR) is 80.0 cm³/mol. The molecule has 0 saturated carbocycles. The number of benzene rings is 1. The molecular weight excluding hydrogens is 252 g/mol. The van der Waals surface area contributed by atoms with Gasteiger partial charge in [0, 0.05) is 18.2 Å². The highest BCUT2D eigenvalue weighted by atomic mass is 16.3. The molecule has 1 aromatic heterocycles. The highest BCUT2D eigenvalue weighted by Crippen LogP contribution is 2.21. The van der Waals surface area contributed by atoms with Gasteiger partial charge >= 0.3 is 0 Å². The fourth-order valence-corrected chi connectivity index (χ4v) is 1.71. The lowest BCUT2D eigenvalue weighted by atomic mass is 10.2. The van der Waals surface area contributed by atoms with Gasteiger partial charge in [0.2, 0.25) is 11.8 Å². The van der Waals surface area contributed by atoms with Crippen LogP contribution in [0.2, 0.25) is 0 Å². The van der Waals surface area contributed by atoms with Gasteiger partial charge in [0.25, 0.3) is 0 Å². The molecule has 1 amide bonds. The van der Waals surface area contributed by atoms with Crippen LogP contribution in [0, 0.1) is 0 Å². The Labute approximate surface area is 117 Å². The van der Waals surface area contributed by atoms with E-state index in [1.54, 1.807) is 19.2 Å². The number of likely N-dealkylation sites (N-methyl/N-ethyl adjacent to an activating group) is 1. The number of carbonyl (C=O) groups is 1. The number of aromatic nitrogens is 1. The largest absolute Gasteiger partial charge is 0.436 e. The number of nitrogens with zero attached hydrogens (tertiary/aromatic N) is 1. The summed E-state index contributed by atoms with van der Waals surface area (Å²) < 4.78 is 5.68. The van der Waals surface area contributed by atoms with Crippen LogP contribution >= 0.6 is 0 Å². The van der Waals surface area contributed by atoms with Gasteiger partial charge in [0.05, 0.1) is 0 Å². The van der Waals surface area contributed by atoms with E-state index in [-0.39, 0.29) is 5.91 Å². The molecule has 1 heterocycles. The van der Waals surface area contributed by atoms with Crippen molar-refractivity contribution in [1.29, 1.82) is 0 Å². The summed E-state index contributed by atoms with van der Waals surface area (Å²) in [6.07, 6.45) is 5.28. The molecule has 1 N–H and O–H groups in total. The minimum absolute atomic E-state index is 0.214. The summed E-state index contributed by atoms with van der Waals surface area (Å²) in [6.45, 7) is 5.58. The first-order valence-electron chi connectivity index (χ1n) is 6.27. The normalized spacial score (nSPS) is 12.0. The predicted octanol–water partition coefficient (Wildman–Crippen LogP) is 3.09. The van der Waals surface area contributed by atoms with Gasteiger partial charge in [-0.05, 0) is 31.2 Å². The Morgan fingerprint density at radius 3 is 2.75 bits per heavy atom. The van der Waals surface area contributed by atoms with Crippen molar-refractivity contribution in [3.05, 3.63) is 60.5 Å². The van der Waals surface area contributed by atoms with E-state index in [2.05, 4.69) is 16.9 Å². The standard InChI is InChI=1S/C16H16N2O2/c1-4-12(10-9-11(2)15(19)17-3)16-18-13-7-5-6-8-14(13)20-16/h4-10H,2H2,1,3H3,(H,17,19)/b10-9-,12-4+. The first kappa shape index (κ1) is 13.8. The maximum absolute atomic E-state index is 11.4. The van der Waals surface area contributed by atoms with Gasteiger partial charge in [-0.3, -0.25) is 4.79 Å². The van der Waals surface area contributed by atoms with E-state index in [4.69, 9.17) is 4.42 Å². The highest BCUT2D eigenvalue weighted by molar-refractivity contribution is 5.96. The van der Waals surface area contributed by atoms with E-state index in [0.717, 1.165) is 16.7 Å². The summed E-state index contributed by atoms with van der Waals surface area (Å²) in [5.41, 5.74) is 2.72. The van der Waals surface area contributed by atoms with Gasteiger partial charge in [0.1, 0.15) is 5.52 Å². The third kappa shape index (κ3) is 2.85. The smallest absolute Gasteiger partial charge is 0.250 e. The first-order chi connectivity index (χ1) is 9.65. The van der Waals surface area contributed by atoms with Crippen molar-refractivity contribution in [2.24, 2.45) is 0 Å². The number of nitrogens with one attached hydrogen (secondary N) is 1. The minimum atomic E-state index is -0.214. The molecule has 0 aliphatic carbocycles. The zero-order valence-corrected chi connectivity index (χ0v) is 11.5. The zero-order valence-electron chi connectivity index (χ0n) is 11.5. The van der Waals surface area contributed by atoms with E-state index < -0.39 is 0 Å². The second kappa shape index (κ2) is 6.02. The van der Waals surface area contributed by atoms with Gasteiger partial charge in [-0.25, -0.2) is 4.98 Å². The monoisotopic (exact) mass is 268 g/mol. The fourth-order valence-electron chi connectivity index (χ4n) is 1.71. The van der Waals surface area contributed by atoms with Gasteiger partial charge in [0.15, 0.2) is 5.58 Å². The van der Waals surface area contributed by atoms with Crippen LogP contribution in [0.4, 0.5) is 0 Å². The van der Waals surface area contributed by atoms with Gasteiger partial charge in [-0.15, -0.1) is 0 Å². The number of para-hydroxylation sites is 2. The molecule has 0 spiro atoms. The van der Waals surface area contributed by atoms with Crippen molar-refractivity contribution in [3.63, 3.8) is 0 Å². The molecule has 0 unspecified atom stereocenters. The van der Waals surface area contributed by atoms with Crippen LogP contribution in [0.15, 0.2) is 59.1 Å². The topological polar surface area (TPSA) is 55.1 Å². The van der Waals surface area contributed by atoms with Gasteiger partial charge < -0.3 is 9.73 Å². The average Bonchev–Trinajstić information content (AvgIpc) is 2.90. The summed E-state index contributed by atoms with van der Waals surface area (Å²) in [5, 5.41) is 2.52. The van der Waals surface area contributed by atoms with Crippen LogP contribution < -0.4 is 5.32 Å². The molecule has 20 heavy (non-hydrogen) atoms. The van der Waals surface area contributed by atoms with Crippen molar-refractivity contribution >= 4 is 22.6 Å². The molecule has 0 aliphatic rings. The molecule has 102 valence electrons. The van der Waals surface area contributed by atoms with Crippen LogP contribution in [0.3, 0.4) is 0 Å². The number of amides is 1. The Morgan fingerprint density at radius 2 is 2.10 bits per heavy atom. The number of oxazole rings is 1. The quantitative estimate of drug-likeness (QED) is 0.684. The summed E-state index contributed by atoms with van der Waals surface area (Å²) in [4.78, 5) is 15.8. The van der Waals surface area contributed by atoms with Crippen molar-refractivity contribution in [2.75, 3.05) is 7.05 Å². The molecule has 1 aromatic carbocycles. The number of hydrogen-bond donors (Lipinski definition) is 1. The highest BCUT2D eigenvalue weighted by Gasteiger charge is 2.08. The molecule has 4 nitrogen and oxygen atoms in total. The van der Waals surface area contributed by atoms with E-state index in [1.807, 2.05) is 37.3 Å². The molecule has 0 atom stereocenters. The molecular formula is C16H16N2O2. The van der Waals surface area contributed by atoms with E-state index in [0.29, 0.717) is 11.5 Å². The van der Waals surface area contributed by atoms with Crippen LogP contribution in [0.5, 0.6) is 0 Å². The SMILES string of the molecule is C=C(/C=C\C(=C/C)c1nc2ccccc2o1)C(=O)NC. The molecule has 0 fully saturated rings. The zero-order chi connectivity index (χ0) is 14.5. The Morgan fingerprint density at radius 1 is 1.35 bits per heavy atom. The fraction of sp³-hybridized carbons (Fsp3) is 0.125. The molecule has 0 radical (unpaired) electrons. The van der Waals surface area contributed by atoms with E-state index in [1.165, 1.54) is 0 Å². The summed E-state index contributed by atoms with van der Waals surface area (Å²) in [5.74, 6) is 0.309. The number of fused-ring (bicyclic) bond motifs is 1. The molecule has 0 saturated heterocycles. The van der Waals surface area contributed by atoms with Crippen molar-refractivity contribution in [1.82, 2.24) is 10.3 Å². The van der Waals surface area contributed by atoms with Gasteiger partial charge in [-0.2, -0.15) is 0 Å². The van der Waals surface area contributed by atoms with Crippen LogP contribution in [0.1, 0.15) is 12.8 Å². The Hall–Kier alpha value is -2.62. The minimum Gasteiger partial charge on any atom is -0.436 e. The molecule has 4 heteroatoms. The van der Waals surface area contributed by atoms with Crippen LogP contribution in [0.25, 0.3) is 16.7 Å². The molecule has 2 aromatic rings. The number of hydrogen-bond acceptors (Lipinski definition) is 3. The summed E-state index contributed by atoms with van der Waals surface area (Å²) in [7, 11) is 1.57. The maximum atomic E-state index is 11.4. The lowest BCUT2D eigenvalue weighted by Gasteiger charge is -1.98. The Bertz CT molecular complexity index is 675. The van der Waals surface area contributed by atoms with Crippen LogP contribution in [-0.4, -0.2) is 17.9 Å². The Balaban J connectivity index is 2.27. The van der Waals surface area contributed by atoms with E-state index in [9.17, 15) is 4.79 Å². The third-order valence-corrected chi connectivity index (χ3v) is 2.83. The number of rotatable bonds is 4. The average molecular weight is 268 g/mol. The lowest BCUT2D eigenvalue weighted by molar-refractivity contribution is -0.116. The third-order valence-electron chi connectivity index (χ3n) is 2.83. The lowest BCUT2D eigenvalue weighted by Crippen LogP contribution is -2.18. The maximum Gasteiger partial charge on any atom is 0.250 e. The van der Waals surface area contributed by atoms with Crippen molar-refractivity contribution in [2.45, 2.75) is 6.92 Å². The van der Waals surface area contributed by atoms with Crippen LogP contribution in [-0.2, 0) is 4.79 Å². The summed E-state index contributed by atoms with van der Waals surface area (Å²) in [6, 6.07) is 7.57. The molecule has 0 bridgehead atoms. The molecule has 0 aliphatic heterocycles. The number of allylic oxidation sites excluding steroid dienone is 3. The van der Waals surface area contributed by atoms with Crippen molar-refractivity contribution < 1.29 is 9.21 Å².